The van der Waals surface area contributed by atoms with Gasteiger partial charge in [-0.15, -0.1) is 0 Å². The monoisotopic (exact) mass is 245 g/mol. The maximum atomic E-state index is 11.6. The predicted octanol–water partition coefficient (Wildman–Crippen LogP) is 0.830. The zero-order chi connectivity index (χ0) is 12.4. The summed E-state index contributed by atoms with van der Waals surface area (Å²) in [6, 6.07) is 0. The molecule has 16 heavy (non-hydrogen) atoms. The molecule has 0 saturated carbocycles. The second-order valence-electron chi connectivity index (χ2n) is 5.68. The van der Waals surface area contributed by atoms with E-state index in [1.165, 1.54) is 0 Å². The zero-order valence-electron chi connectivity index (χ0n) is 10.7. The zero-order valence-corrected chi connectivity index (χ0v) is 11.5. The van der Waals surface area contributed by atoms with E-state index >= 15 is 0 Å². The van der Waals surface area contributed by atoms with Crippen LogP contribution in [0, 0.1) is 5.41 Å². The predicted molar refractivity (Wildman–Crippen MR) is 69.1 cm³/mol. The highest BCUT2D eigenvalue weighted by atomic mass is 32.2. The fourth-order valence-electron chi connectivity index (χ4n) is 2.08. The van der Waals surface area contributed by atoms with Crippen LogP contribution in [-0.4, -0.2) is 40.9 Å². The number of nitrogens with one attached hydrogen (secondary N) is 1. The highest BCUT2D eigenvalue weighted by molar-refractivity contribution is 8.00. The van der Waals surface area contributed by atoms with E-state index in [0.717, 1.165) is 25.4 Å². The summed E-state index contributed by atoms with van der Waals surface area (Å²) in [6.45, 7) is 11.2. The molecule has 1 fully saturated rings. The van der Waals surface area contributed by atoms with Gasteiger partial charge in [-0.25, -0.2) is 5.84 Å². The van der Waals surface area contributed by atoms with Crippen molar-refractivity contribution < 1.29 is 4.79 Å². The average Bonchev–Trinajstić information content (AvgIpc) is 2.14. The van der Waals surface area contributed by atoms with E-state index in [0.29, 0.717) is 0 Å². The van der Waals surface area contributed by atoms with Gasteiger partial charge in [0.15, 0.2) is 0 Å². The summed E-state index contributed by atoms with van der Waals surface area (Å²) in [5.41, 5.74) is 1.82. The molecule has 0 aromatic heterocycles. The minimum Gasteiger partial charge on any atom is -0.300 e. The normalized spacial score (nSPS) is 21.8. The van der Waals surface area contributed by atoms with Gasteiger partial charge in [0.2, 0.25) is 5.91 Å². The summed E-state index contributed by atoms with van der Waals surface area (Å²) in [7, 11) is 0. The van der Waals surface area contributed by atoms with Crippen LogP contribution in [0.25, 0.3) is 0 Å². The summed E-state index contributed by atoms with van der Waals surface area (Å²) in [6.07, 6.45) is 0. The number of amides is 1. The molecule has 1 amide bonds. The Hall–Kier alpha value is -0.260. The number of rotatable bonds is 3. The van der Waals surface area contributed by atoms with E-state index in [1.807, 2.05) is 25.6 Å². The molecule has 0 radical (unpaired) electrons. The van der Waals surface area contributed by atoms with Crippen molar-refractivity contribution in [2.45, 2.75) is 32.4 Å². The number of carbonyl (C=O) groups is 1. The second-order valence-corrected chi connectivity index (χ2v) is 7.48. The Kier molecular flexibility index (Phi) is 4.26. The minimum atomic E-state index is -0.424. The van der Waals surface area contributed by atoms with Crippen molar-refractivity contribution in [3.05, 3.63) is 0 Å². The molecule has 1 aliphatic rings. The van der Waals surface area contributed by atoms with Crippen LogP contribution in [0.3, 0.4) is 0 Å². The SMILES string of the molecule is CC1(C)CN(CC(C)(C)C(=O)NN)CCS1. The van der Waals surface area contributed by atoms with Gasteiger partial charge in [0.1, 0.15) is 0 Å². The first-order valence-electron chi connectivity index (χ1n) is 5.64. The van der Waals surface area contributed by atoms with Crippen LogP contribution in [0.4, 0.5) is 0 Å². The maximum absolute atomic E-state index is 11.6. The van der Waals surface area contributed by atoms with E-state index in [4.69, 9.17) is 5.84 Å². The Morgan fingerprint density at radius 2 is 2.19 bits per heavy atom. The van der Waals surface area contributed by atoms with E-state index < -0.39 is 5.41 Å². The minimum absolute atomic E-state index is 0.0940. The number of carbonyl (C=O) groups excluding carboxylic acids is 1. The second kappa shape index (κ2) is 4.94. The molecule has 1 saturated heterocycles. The molecule has 4 nitrogen and oxygen atoms in total. The molecule has 3 N–H and O–H groups in total. The first-order chi connectivity index (χ1) is 7.27. The number of hydrazine groups is 1. The Morgan fingerprint density at radius 1 is 1.56 bits per heavy atom. The van der Waals surface area contributed by atoms with E-state index in [2.05, 4.69) is 24.2 Å². The number of nitrogens with zero attached hydrogens (tertiary/aromatic N) is 1. The third-order valence-electron chi connectivity index (χ3n) is 2.87. The van der Waals surface area contributed by atoms with Gasteiger partial charge in [0.25, 0.3) is 0 Å². The highest BCUT2D eigenvalue weighted by Gasteiger charge is 2.34. The van der Waals surface area contributed by atoms with Gasteiger partial charge >= 0.3 is 0 Å². The molecule has 0 aromatic carbocycles. The van der Waals surface area contributed by atoms with E-state index in [9.17, 15) is 4.79 Å². The molecule has 0 spiro atoms. The summed E-state index contributed by atoms with van der Waals surface area (Å²) in [4.78, 5) is 14.0. The average molecular weight is 245 g/mol. The van der Waals surface area contributed by atoms with E-state index in [-0.39, 0.29) is 10.7 Å². The van der Waals surface area contributed by atoms with Crippen LogP contribution in [0.1, 0.15) is 27.7 Å². The molecule has 0 bridgehead atoms. The summed E-state index contributed by atoms with van der Waals surface area (Å²) in [5.74, 6) is 6.23. The van der Waals surface area contributed by atoms with Crippen LogP contribution in [0.5, 0.6) is 0 Å². The highest BCUT2D eigenvalue weighted by Crippen LogP contribution is 2.31. The van der Waals surface area contributed by atoms with Gasteiger partial charge in [-0.2, -0.15) is 11.8 Å². The number of thioether (sulfide) groups is 1. The van der Waals surface area contributed by atoms with Crippen molar-refractivity contribution in [2.24, 2.45) is 11.3 Å². The molecule has 0 atom stereocenters. The van der Waals surface area contributed by atoms with Crippen molar-refractivity contribution in [3.63, 3.8) is 0 Å². The van der Waals surface area contributed by atoms with Crippen molar-refractivity contribution in [2.75, 3.05) is 25.4 Å². The molecular formula is C11H23N3OS. The van der Waals surface area contributed by atoms with Crippen molar-refractivity contribution >= 4 is 17.7 Å². The molecule has 0 unspecified atom stereocenters. The molecule has 0 aliphatic carbocycles. The van der Waals surface area contributed by atoms with Gasteiger partial charge in [-0.05, 0) is 27.7 Å². The lowest BCUT2D eigenvalue weighted by Crippen LogP contribution is -2.51. The fourth-order valence-corrected chi connectivity index (χ4v) is 3.25. The van der Waals surface area contributed by atoms with Crippen LogP contribution >= 0.6 is 11.8 Å². The molecule has 94 valence electrons. The van der Waals surface area contributed by atoms with Crippen LogP contribution in [0.15, 0.2) is 0 Å². The van der Waals surface area contributed by atoms with Crippen LogP contribution in [0.2, 0.25) is 0 Å². The van der Waals surface area contributed by atoms with Gasteiger partial charge in [-0.3, -0.25) is 10.2 Å². The van der Waals surface area contributed by atoms with Crippen molar-refractivity contribution in [1.29, 1.82) is 0 Å². The molecule has 1 heterocycles. The molecular weight excluding hydrogens is 222 g/mol. The Labute approximate surface area is 102 Å². The quantitative estimate of drug-likeness (QED) is 0.439. The maximum Gasteiger partial charge on any atom is 0.240 e. The Balaban J connectivity index is 2.57. The fraction of sp³-hybridized carbons (Fsp3) is 0.909. The van der Waals surface area contributed by atoms with Gasteiger partial charge in [-0.1, -0.05) is 0 Å². The summed E-state index contributed by atoms with van der Waals surface area (Å²) in [5, 5.41) is 0. The van der Waals surface area contributed by atoms with Crippen LogP contribution in [-0.2, 0) is 4.79 Å². The molecule has 0 aromatic rings. The summed E-state index contributed by atoms with van der Waals surface area (Å²) < 4.78 is 0.285. The van der Waals surface area contributed by atoms with Crippen molar-refractivity contribution in [3.8, 4) is 0 Å². The molecule has 5 heteroatoms. The lowest BCUT2D eigenvalue weighted by Gasteiger charge is -2.40. The smallest absolute Gasteiger partial charge is 0.240 e. The number of hydrogen-bond donors (Lipinski definition) is 2. The van der Waals surface area contributed by atoms with Gasteiger partial charge in [0.05, 0.1) is 5.41 Å². The lowest BCUT2D eigenvalue weighted by molar-refractivity contribution is -0.130. The Morgan fingerprint density at radius 3 is 2.69 bits per heavy atom. The molecule has 1 aliphatic heterocycles. The molecule has 1 rings (SSSR count). The summed E-state index contributed by atoms with van der Waals surface area (Å²) >= 11 is 2.00. The Bertz CT molecular complexity index is 266. The van der Waals surface area contributed by atoms with Gasteiger partial charge < -0.3 is 4.90 Å². The topological polar surface area (TPSA) is 58.4 Å². The lowest BCUT2D eigenvalue weighted by atomic mass is 9.91. The first-order valence-corrected chi connectivity index (χ1v) is 6.63. The third-order valence-corrected chi connectivity index (χ3v) is 4.17. The number of nitrogens with two attached hydrogens (primary N) is 1. The van der Waals surface area contributed by atoms with E-state index in [1.54, 1.807) is 0 Å². The van der Waals surface area contributed by atoms with Gasteiger partial charge in [0, 0.05) is 30.1 Å². The standard InChI is InChI=1S/C11H23N3OS/c1-10(2,9(15)13-12)7-14-5-6-16-11(3,4)8-14/h5-8,12H2,1-4H3,(H,13,15). The van der Waals surface area contributed by atoms with Crippen molar-refractivity contribution in [1.82, 2.24) is 10.3 Å². The number of hydrogen-bond acceptors (Lipinski definition) is 4. The largest absolute Gasteiger partial charge is 0.300 e. The third kappa shape index (κ3) is 3.64. The first kappa shape index (κ1) is 13.8. The van der Waals surface area contributed by atoms with Crippen LogP contribution < -0.4 is 11.3 Å².